The van der Waals surface area contributed by atoms with Crippen LogP contribution in [-0.4, -0.2) is 24.6 Å². The van der Waals surface area contributed by atoms with Crippen LogP contribution < -0.4 is 15.8 Å². The minimum Gasteiger partial charge on any atom is -0.495 e. The van der Waals surface area contributed by atoms with E-state index in [4.69, 9.17) is 10.5 Å². The third-order valence-electron chi connectivity index (χ3n) is 3.26. The molecule has 1 aromatic rings. The molecule has 18 heavy (non-hydrogen) atoms. The number of hydrogen-bond donors (Lipinski definition) is 2. The number of rotatable bonds is 5. The van der Waals surface area contributed by atoms with Crippen LogP contribution in [0.4, 0.5) is 0 Å². The summed E-state index contributed by atoms with van der Waals surface area (Å²) >= 11 is 0. The van der Waals surface area contributed by atoms with E-state index < -0.39 is 0 Å². The minimum absolute atomic E-state index is 0.438. The van der Waals surface area contributed by atoms with Gasteiger partial charge in [-0.1, -0.05) is 6.42 Å². The Labute approximate surface area is 107 Å². The predicted molar refractivity (Wildman–Crippen MR) is 71.5 cm³/mol. The molecule has 0 amide bonds. The molecule has 0 atom stereocenters. The number of methoxy groups -OCH3 is 1. The summed E-state index contributed by atoms with van der Waals surface area (Å²) in [5.41, 5.74) is 6.61. The number of pyridine rings is 1. The maximum Gasteiger partial charge on any atom is 0.188 e. The number of nitrogens with two attached hydrogens (primary N) is 1. The summed E-state index contributed by atoms with van der Waals surface area (Å²) in [5, 5.41) is 3.15. The van der Waals surface area contributed by atoms with Crippen molar-refractivity contribution in [3.8, 4) is 5.75 Å². The molecule has 5 nitrogen and oxygen atoms in total. The lowest BCUT2D eigenvalue weighted by Crippen LogP contribution is -2.37. The minimum atomic E-state index is 0.438. The van der Waals surface area contributed by atoms with Crippen LogP contribution >= 0.6 is 0 Å². The molecule has 0 radical (unpaired) electrons. The van der Waals surface area contributed by atoms with Gasteiger partial charge in [-0.05, 0) is 30.9 Å². The SMILES string of the molecule is COc1cccnc1CN=C(N)NCC1CCC1. The van der Waals surface area contributed by atoms with Crippen molar-refractivity contribution in [2.75, 3.05) is 13.7 Å². The second-order valence-corrected chi connectivity index (χ2v) is 4.53. The Morgan fingerprint density at radius 2 is 2.44 bits per heavy atom. The van der Waals surface area contributed by atoms with Gasteiger partial charge in [-0.25, -0.2) is 4.99 Å². The van der Waals surface area contributed by atoms with Gasteiger partial charge in [0.15, 0.2) is 5.96 Å². The Morgan fingerprint density at radius 3 is 3.11 bits per heavy atom. The topological polar surface area (TPSA) is 72.5 Å². The molecule has 2 rings (SSSR count). The van der Waals surface area contributed by atoms with Crippen LogP contribution in [0.5, 0.6) is 5.75 Å². The van der Waals surface area contributed by atoms with Crippen molar-refractivity contribution < 1.29 is 4.74 Å². The van der Waals surface area contributed by atoms with Crippen LogP contribution in [0.2, 0.25) is 0 Å². The van der Waals surface area contributed by atoms with Crippen molar-refractivity contribution in [3.63, 3.8) is 0 Å². The highest BCUT2D eigenvalue weighted by atomic mass is 16.5. The molecule has 0 unspecified atom stereocenters. The van der Waals surface area contributed by atoms with Crippen LogP contribution in [-0.2, 0) is 6.54 Å². The molecule has 0 saturated heterocycles. The van der Waals surface area contributed by atoms with E-state index in [1.807, 2.05) is 12.1 Å². The summed E-state index contributed by atoms with van der Waals surface area (Å²) in [7, 11) is 1.63. The van der Waals surface area contributed by atoms with E-state index in [9.17, 15) is 0 Å². The first-order chi connectivity index (χ1) is 8.79. The third kappa shape index (κ3) is 3.35. The van der Waals surface area contributed by atoms with E-state index in [-0.39, 0.29) is 0 Å². The van der Waals surface area contributed by atoms with Crippen LogP contribution in [0.25, 0.3) is 0 Å². The van der Waals surface area contributed by atoms with E-state index in [0.29, 0.717) is 12.5 Å². The standard InChI is InChI=1S/C13H20N4O/c1-18-12-6-3-7-15-11(12)9-17-13(14)16-8-10-4-2-5-10/h3,6-7,10H,2,4-5,8-9H2,1H3,(H3,14,16,17). The van der Waals surface area contributed by atoms with Gasteiger partial charge in [0, 0.05) is 12.7 Å². The van der Waals surface area contributed by atoms with Crippen molar-refractivity contribution in [3.05, 3.63) is 24.0 Å². The Balaban J connectivity index is 1.84. The molecule has 0 aromatic carbocycles. The highest BCUT2D eigenvalue weighted by Gasteiger charge is 2.16. The van der Waals surface area contributed by atoms with E-state index in [2.05, 4.69) is 15.3 Å². The van der Waals surface area contributed by atoms with E-state index in [1.54, 1.807) is 13.3 Å². The molecule has 98 valence electrons. The van der Waals surface area contributed by atoms with Gasteiger partial charge in [0.25, 0.3) is 0 Å². The van der Waals surface area contributed by atoms with Crippen LogP contribution in [0.15, 0.2) is 23.3 Å². The molecule has 1 fully saturated rings. The van der Waals surface area contributed by atoms with Gasteiger partial charge in [0.05, 0.1) is 13.7 Å². The lowest BCUT2D eigenvalue weighted by atomic mass is 9.85. The molecule has 0 spiro atoms. The summed E-state index contributed by atoms with van der Waals surface area (Å²) < 4.78 is 5.21. The zero-order valence-corrected chi connectivity index (χ0v) is 10.7. The highest BCUT2D eigenvalue weighted by molar-refractivity contribution is 5.77. The molecule has 1 saturated carbocycles. The molecule has 1 heterocycles. The number of ether oxygens (including phenoxy) is 1. The van der Waals surface area contributed by atoms with Crippen LogP contribution in [0, 0.1) is 5.92 Å². The maximum atomic E-state index is 5.81. The zero-order chi connectivity index (χ0) is 12.8. The average Bonchev–Trinajstić information content (AvgIpc) is 2.35. The summed E-state index contributed by atoms with van der Waals surface area (Å²) in [6, 6.07) is 3.71. The van der Waals surface area contributed by atoms with E-state index >= 15 is 0 Å². The van der Waals surface area contributed by atoms with Crippen molar-refractivity contribution in [2.24, 2.45) is 16.6 Å². The third-order valence-corrected chi connectivity index (χ3v) is 3.26. The first-order valence-electron chi connectivity index (χ1n) is 6.31. The fourth-order valence-electron chi connectivity index (χ4n) is 1.89. The first kappa shape index (κ1) is 12.7. The average molecular weight is 248 g/mol. The van der Waals surface area contributed by atoms with Gasteiger partial charge in [0.1, 0.15) is 11.4 Å². The largest absolute Gasteiger partial charge is 0.495 e. The predicted octanol–water partition coefficient (Wildman–Crippen LogP) is 1.29. The van der Waals surface area contributed by atoms with Gasteiger partial charge < -0.3 is 15.8 Å². The van der Waals surface area contributed by atoms with Gasteiger partial charge in [-0.15, -0.1) is 0 Å². The van der Waals surface area contributed by atoms with Crippen molar-refractivity contribution in [2.45, 2.75) is 25.8 Å². The molecule has 5 heteroatoms. The zero-order valence-electron chi connectivity index (χ0n) is 10.7. The normalized spacial score (nSPS) is 16.2. The van der Waals surface area contributed by atoms with Crippen molar-refractivity contribution in [1.82, 2.24) is 10.3 Å². The molecule has 0 bridgehead atoms. The molecule has 1 aliphatic rings. The molecule has 0 aliphatic heterocycles. The lowest BCUT2D eigenvalue weighted by Gasteiger charge is -2.25. The Bertz CT molecular complexity index is 415. The fraction of sp³-hybridized carbons (Fsp3) is 0.538. The number of guanidine groups is 1. The maximum absolute atomic E-state index is 5.81. The summed E-state index contributed by atoms with van der Waals surface area (Å²) in [6.07, 6.45) is 5.67. The molecule has 1 aromatic heterocycles. The molecule has 3 N–H and O–H groups in total. The summed E-state index contributed by atoms with van der Waals surface area (Å²) in [4.78, 5) is 8.50. The van der Waals surface area contributed by atoms with Crippen molar-refractivity contribution in [1.29, 1.82) is 0 Å². The van der Waals surface area contributed by atoms with Gasteiger partial charge in [-0.2, -0.15) is 0 Å². The van der Waals surface area contributed by atoms with Crippen molar-refractivity contribution >= 4 is 5.96 Å². The second-order valence-electron chi connectivity index (χ2n) is 4.53. The highest BCUT2D eigenvalue weighted by Crippen LogP contribution is 2.25. The second kappa shape index (κ2) is 6.23. The number of hydrogen-bond acceptors (Lipinski definition) is 3. The monoisotopic (exact) mass is 248 g/mol. The van der Waals surface area contributed by atoms with Gasteiger partial charge >= 0.3 is 0 Å². The molecular formula is C13H20N4O. The summed E-state index contributed by atoms with van der Waals surface area (Å²) in [5.74, 6) is 1.99. The lowest BCUT2D eigenvalue weighted by molar-refractivity contribution is 0.315. The van der Waals surface area contributed by atoms with Crippen LogP contribution in [0.1, 0.15) is 25.0 Å². The first-order valence-corrected chi connectivity index (χ1v) is 6.31. The smallest absolute Gasteiger partial charge is 0.188 e. The molecule has 1 aliphatic carbocycles. The summed E-state index contributed by atoms with van der Waals surface area (Å²) in [6.45, 7) is 1.36. The number of nitrogens with zero attached hydrogens (tertiary/aromatic N) is 2. The van der Waals surface area contributed by atoms with Gasteiger partial charge in [0.2, 0.25) is 0 Å². The quantitative estimate of drug-likeness (QED) is 0.608. The Kier molecular flexibility index (Phi) is 4.39. The number of aliphatic imine (C=N–C) groups is 1. The molecular weight excluding hydrogens is 228 g/mol. The fourth-order valence-corrected chi connectivity index (χ4v) is 1.89. The number of nitrogens with one attached hydrogen (secondary N) is 1. The van der Waals surface area contributed by atoms with E-state index in [1.165, 1.54) is 19.3 Å². The Hall–Kier alpha value is -1.78. The van der Waals surface area contributed by atoms with Crippen LogP contribution in [0.3, 0.4) is 0 Å². The number of aromatic nitrogens is 1. The van der Waals surface area contributed by atoms with E-state index in [0.717, 1.165) is 23.9 Å². The Morgan fingerprint density at radius 1 is 1.61 bits per heavy atom. The van der Waals surface area contributed by atoms with Gasteiger partial charge in [-0.3, -0.25) is 4.98 Å².